The first-order valence-corrected chi connectivity index (χ1v) is 8.13. The van der Waals surface area contributed by atoms with E-state index in [2.05, 4.69) is 54.2 Å². The third-order valence-corrected chi connectivity index (χ3v) is 3.61. The molecule has 0 atom stereocenters. The fourth-order valence-electron chi connectivity index (χ4n) is 2.55. The van der Waals surface area contributed by atoms with Crippen molar-refractivity contribution in [3.05, 3.63) is 30.5 Å². The van der Waals surface area contributed by atoms with Gasteiger partial charge in [0.05, 0.1) is 6.61 Å². The molecule has 0 unspecified atom stereocenters. The molecule has 0 spiro atoms. The highest BCUT2D eigenvalue weighted by Crippen LogP contribution is 2.22. The fourth-order valence-corrected chi connectivity index (χ4v) is 2.55. The third-order valence-electron chi connectivity index (χ3n) is 3.61. The zero-order valence-corrected chi connectivity index (χ0v) is 13.6. The summed E-state index contributed by atoms with van der Waals surface area (Å²) in [5, 5.41) is 4.76. The quantitative estimate of drug-likeness (QED) is 0.704. The van der Waals surface area contributed by atoms with Crippen molar-refractivity contribution in [1.29, 1.82) is 0 Å². The maximum Gasteiger partial charge on any atom is 0.120 e. The Morgan fingerprint density at radius 3 is 2.81 bits per heavy atom. The minimum absolute atomic E-state index is 0.718. The zero-order chi connectivity index (χ0) is 15.1. The van der Waals surface area contributed by atoms with Gasteiger partial charge in [0.15, 0.2) is 0 Å². The van der Waals surface area contributed by atoms with Crippen molar-refractivity contribution < 1.29 is 4.74 Å². The molecule has 0 saturated heterocycles. The summed E-state index contributed by atoms with van der Waals surface area (Å²) in [5.41, 5.74) is 1.30. The molecule has 116 valence electrons. The maximum atomic E-state index is 5.55. The Bertz CT molecular complexity index is 545. The highest BCUT2D eigenvalue weighted by Gasteiger charge is 2.02. The van der Waals surface area contributed by atoms with Gasteiger partial charge in [0, 0.05) is 23.6 Å². The fraction of sp³-hybridized carbons (Fsp3) is 0.556. The van der Waals surface area contributed by atoms with Crippen LogP contribution in [0.2, 0.25) is 0 Å². The number of nitrogens with one attached hydrogen (secondary N) is 1. The maximum absolute atomic E-state index is 5.55. The molecule has 2 aromatic rings. The molecular formula is C18H28N2O. The number of ether oxygens (including phenoxy) is 1. The minimum atomic E-state index is 0.718. The predicted molar refractivity (Wildman–Crippen MR) is 90.0 cm³/mol. The lowest BCUT2D eigenvalue weighted by Crippen LogP contribution is -2.20. The molecular weight excluding hydrogens is 260 g/mol. The summed E-state index contributed by atoms with van der Waals surface area (Å²) in [4.78, 5) is 0. The van der Waals surface area contributed by atoms with E-state index in [-0.39, 0.29) is 0 Å². The molecule has 0 aliphatic rings. The van der Waals surface area contributed by atoms with Crippen molar-refractivity contribution in [2.24, 2.45) is 5.92 Å². The van der Waals surface area contributed by atoms with Crippen molar-refractivity contribution in [2.45, 2.75) is 40.2 Å². The van der Waals surface area contributed by atoms with Crippen LogP contribution in [0.15, 0.2) is 30.5 Å². The molecule has 1 heterocycles. The van der Waals surface area contributed by atoms with Crippen LogP contribution in [0, 0.1) is 5.92 Å². The molecule has 1 aromatic heterocycles. The van der Waals surface area contributed by atoms with E-state index in [0.29, 0.717) is 0 Å². The van der Waals surface area contributed by atoms with Gasteiger partial charge in [-0.3, -0.25) is 0 Å². The van der Waals surface area contributed by atoms with Crippen molar-refractivity contribution in [2.75, 3.05) is 19.7 Å². The first-order valence-electron chi connectivity index (χ1n) is 8.13. The second-order valence-electron chi connectivity index (χ2n) is 5.97. The van der Waals surface area contributed by atoms with Crippen LogP contribution in [0.4, 0.5) is 0 Å². The first kappa shape index (κ1) is 15.9. The van der Waals surface area contributed by atoms with Crippen molar-refractivity contribution in [3.8, 4) is 5.75 Å². The summed E-state index contributed by atoms with van der Waals surface area (Å²) in [7, 11) is 0. The summed E-state index contributed by atoms with van der Waals surface area (Å²) < 4.78 is 7.89. The van der Waals surface area contributed by atoms with Crippen LogP contribution in [0.5, 0.6) is 5.75 Å². The lowest BCUT2D eigenvalue weighted by atomic mass is 10.2. The molecule has 1 aromatic carbocycles. The number of fused-ring (bicyclic) bond motifs is 1. The summed E-state index contributed by atoms with van der Waals surface area (Å²) in [6.07, 6.45) is 4.62. The van der Waals surface area contributed by atoms with Crippen LogP contribution >= 0.6 is 0 Å². The molecule has 0 aliphatic carbocycles. The van der Waals surface area contributed by atoms with Gasteiger partial charge < -0.3 is 14.6 Å². The van der Waals surface area contributed by atoms with E-state index in [1.807, 2.05) is 6.92 Å². The Morgan fingerprint density at radius 2 is 2.05 bits per heavy atom. The number of hydrogen-bond acceptors (Lipinski definition) is 2. The highest BCUT2D eigenvalue weighted by atomic mass is 16.5. The van der Waals surface area contributed by atoms with Crippen LogP contribution in [0.1, 0.15) is 33.6 Å². The average molecular weight is 288 g/mol. The highest BCUT2D eigenvalue weighted by molar-refractivity contribution is 5.81. The van der Waals surface area contributed by atoms with E-state index in [4.69, 9.17) is 4.74 Å². The zero-order valence-electron chi connectivity index (χ0n) is 13.6. The molecule has 3 heteroatoms. The number of unbranched alkanes of at least 4 members (excludes halogenated alkanes) is 1. The lowest BCUT2D eigenvalue weighted by Gasteiger charge is -2.09. The Labute approximate surface area is 128 Å². The van der Waals surface area contributed by atoms with Gasteiger partial charge in [-0.05, 0) is 63.0 Å². The van der Waals surface area contributed by atoms with Gasteiger partial charge >= 0.3 is 0 Å². The largest absolute Gasteiger partial charge is 0.494 e. The van der Waals surface area contributed by atoms with Gasteiger partial charge in [0.25, 0.3) is 0 Å². The van der Waals surface area contributed by atoms with E-state index in [9.17, 15) is 0 Å². The van der Waals surface area contributed by atoms with E-state index in [1.165, 1.54) is 23.7 Å². The van der Waals surface area contributed by atoms with Crippen molar-refractivity contribution in [3.63, 3.8) is 0 Å². The normalized spacial score (nSPS) is 11.4. The molecule has 0 saturated carbocycles. The van der Waals surface area contributed by atoms with E-state index >= 15 is 0 Å². The van der Waals surface area contributed by atoms with Crippen LogP contribution < -0.4 is 10.1 Å². The molecule has 1 N–H and O–H groups in total. The number of rotatable bonds is 9. The predicted octanol–water partition coefficient (Wildman–Crippen LogP) is 4.07. The van der Waals surface area contributed by atoms with E-state index < -0.39 is 0 Å². The van der Waals surface area contributed by atoms with Gasteiger partial charge in [-0.15, -0.1) is 0 Å². The number of benzene rings is 1. The standard InChI is InChI=1S/C18H28N2O/c1-4-21-17-7-8-18-16(13-17)9-12-20(18)11-6-5-10-19-14-15(2)3/h7-9,12-13,15,19H,4-6,10-11,14H2,1-3H3. The van der Waals surface area contributed by atoms with Crippen molar-refractivity contribution in [1.82, 2.24) is 9.88 Å². The third kappa shape index (κ3) is 4.78. The second kappa shape index (κ2) is 8.08. The molecule has 2 rings (SSSR count). The second-order valence-corrected chi connectivity index (χ2v) is 5.97. The van der Waals surface area contributed by atoms with Crippen LogP contribution in [-0.2, 0) is 6.54 Å². The Kier molecular flexibility index (Phi) is 6.12. The molecule has 0 aliphatic heterocycles. The first-order chi connectivity index (χ1) is 10.2. The smallest absolute Gasteiger partial charge is 0.120 e. The molecule has 21 heavy (non-hydrogen) atoms. The number of nitrogens with zero attached hydrogens (tertiary/aromatic N) is 1. The molecule has 3 nitrogen and oxygen atoms in total. The number of aromatic nitrogens is 1. The van der Waals surface area contributed by atoms with Gasteiger partial charge in [-0.25, -0.2) is 0 Å². The van der Waals surface area contributed by atoms with Gasteiger partial charge in [0.2, 0.25) is 0 Å². The Balaban J connectivity index is 1.82. The van der Waals surface area contributed by atoms with Crippen LogP contribution in [0.25, 0.3) is 10.9 Å². The van der Waals surface area contributed by atoms with Gasteiger partial charge in [0.1, 0.15) is 5.75 Å². The van der Waals surface area contributed by atoms with Crippen LogP contribution in [0.3, 0.4) is 0 Å². The Morgan fingerprint density at radius 1 is 1.19 bits per heavy atom. The van der Waals surface area contributed by atoms with Gasteiger partial charge in [-0.1, -0.05) is 13.8 Å². The number of aryl methyl sites for hydroxylation is 1. The summed E-state index contributed by atoms with van der Waals surface area (Å²) >= 11 is 0. The topological polar surface area (TPSA) is 26.2 Å². The van der Waals surface area contributed by atoms with E-state index in [0.717, 1.165) is 37.9 Å². The monoisotopic (exact) mass is 288 g/mol. The van der Waals surface area contributed by atoms with Gasteiger partial charge in [-0.2, -0.15) is 0 Å². The summed E-state index contributed by atoms with van der Waals surface area (Å²) in [5.74, 6) is 1.69. The molecule has 0 radical (unpaired) electrons. The van der Waals surface area contributed by atoms with E-state index in [1.54, 1.807) is 0 Å². The number of hydrogen-bond donors (Lipinski definition) is 1. The molecule has 0 bridgehead atoms. The molecule has 0 fully saturated rings. The average Bonchev–Trinajstić information content (AvgIpc) is 2.85. The van der Waals surface area contributed by atoms with Crippen LogP contribution in [-0.4, -0.2) is 24.3 Å². The SMILES string of the molecule is CCOc1ccc2c(ccn2CCCCNCC(C)C)c1. The summed E-state index contributed by atoms with van der Waals surface area (Å²) in [6, 6.07) is 8.53. The Hall–Kier alpha value is -1.48. The molecule has 0 amide bonds. The summed E-state index contributed by atoms with van der Waals surface area (Å²) in [6.45, 7) is 10.5. The lowest BCUT2D eigenvalue weighted by molar-refractivity contribution is 0.340. The minimum Gasteiger partial charge on any atom is -0.494 e. The van der Waals surface area contributed by atoms with Crippen molar-refractivity contribution >= 4 is 10.9 Å².